The molecule has 0 spiro atoms. The van der Waals surface area contributed by atoms with Gasteiger partial charge in [0, 0.05) is 18.2 Å². The monoisotopic (exact) mass is 206 g/mol. The van der Waals surface area contributed by atoms with Crippen molar-refractivity contribution in [1.82, 2.24) is 9.55 Å². The summed E-state index contributed by atoms with van der Waals surface area (Å²) in [5, 5.41) is 0. The minimum Gasteiger partial charge on any atom is -0.297 e. The van der Waals surface area contributed by atoms with Crippen molar-refractivity contribution >= 4 is 5.78 Å². The van der Waals surface area contributed by atoms with E-state index in [0.717, 1.165) is 25.7 Å². The summed E-state index contributed by atoms with van der Waals surface area (Å²) in [7, 11) is 0. The van der Waals surface area contributed by atoms with Gasteiger partial charge in [-0.3, -0.25) is 14.2 Å². The van der Waals surface area contributed by atoms with Crippen molar-refractivity contribution in [1.29, 1.82) is 0 Å². The zero-order chi connectivity index (χ0) is 10.7. The third-order valence-corrected chi connectivity index (χ3v) is 2.93. The fourth-order valence-electron chi connectivity index (χ4n) is 2.04. The summed E-state index contributed by atoms with van der Waals surface area (Å²) in [5.41, 5.74) is -0.156. The van der Waals surface area contributed by atoms with E-state index in [0.29, 0.717) is 0 Å². The molecule has 1 fully saturated rings. The maximum atomic E-state index is 11.8. The summed E-state index contributed by atoms with van der Waals surface area (Å²) in [6.07, 6.45) is 7.10. The Hall–Kier alpha value is -1.45. The van der Waals surface area contributed by atoms with Gasteiger partial charge in [-0.2, -0.15) is 0 Å². The van der Waals surface area contributed by atoms with Gasteiger partial charge in [0.15, 0.2) is 5.78 Å². The highest BCUT2D eigenvalue weighted by Crippen LogP contribution is 2.25. The SMILES string of the molecule is O=C(Cn1cnccc1=O)C1CCCC1. The summed E-state index contributed by atoms with van der Waals surface area (Å²) in [6.45, 7) is 0.178. The van der Waals surface area contributed by atoms with Gasteiger partial charge in [0.2, 0.25) is 0 Å². The number of rotatable bonds is 3. The molecular weight excluding hydrogens is 192 g/mol. The lowest BCUT2D eigenvalue weighted by Gasteiger charge is -2.08. The number of ketones is 1. The lowest BCUT2D eigenvalue weighted by molar-refractivity contribution is -0.123. The van der Waals surface area contributed by atoms with Gasteiger partial charge in [-0.1, -0.05) is 12.8 Å². The average Bonchev–Trinajstić information content (AvgIpc) is 2.74. The van der Waals surface area contributed by atoms with Gasteiger partial charge in [-0.05, 0) is 12.8 Å². The van der Waals surface area contributed by atoms with Crippen LogP contribution in [0.25, 0.3) is 0 Å². The predicted molar refractivity (Wildman–Crippen MR) is 55.5 cm³/mol. The molecule has 1 heterocycles. The Balaban J connectivity index is 2.05. The van der Waals surface area contributed by atoms with E-state index in [1.54, 1.807) is 0 Å². The van der Waals surface area contributed by atoms with Crippen LogP contribution in [0.4, 0.5) is 0 Å². The van der Waals surface area contributed by atoms with E-state index in [9.17, 15) is 9.59 Å². The Labute approximate surface area is 88.0 Å². The molecule has 15 heavy (non-hydrogen) atoms. The van der Waals surface area contributed by atoms with Crippen LogP contribution in [0.3, 0.4) is 0 Å². The fourth-order valence-corrected chi connectivity index (χ4v) is 2.04. The first-order valence-corrected chi connectivity index (χ1v) is 5.30. The van der Waals surface area contributed by atoms with Crippen molar-refractivity contribution in [2.45, 2.75) is 32.2 Å². The normalized spacial score (nSPS) is 16.8. The summed E-state index contributed by atoms with van der Waals surface area (Å²) in [5.74, 6) is 0.333. The molecule has 0 radical (unpaired) electrons. The van der Waals surface area contributed by atoms with Crippen LogP contribution in [0.5, 0.6) is 0 Å². The van der Waals surface area contributed by atoms with Gasteiger partial charge in [0.25, 0.3) is 5.56 Å². The maximum Gasteiger partial charge on any atom is 0.253 e. The first-order valence-electron chi connectivity index (χ1n) is 5.30. The smallest absolute Gasteiger partial charge is 0.253 e. The van der Waals surface area contributed by atoms with E-state index >= 15 is 0 Å². The summed E-state index contributed by atoms with van der Waals surface area (Å²) < 4.78 is 1.38. The molecule has 0 atom stereocenters. The minimum absolute atomic E-state index is 0.156. The highest BCUT2D eigenvalue weighted by molar-refractivity contribution is 5.81. The van der Waals surface area contributed by atoms with Crippen molar-refractivity contribution in [3.05, 3.63) is 28.9 Å². The number of Topliss-reactive ketones (excluding diaryl/α,β-unsaturated/α-hetero) is 1. The first kappa shape index (κ1) is 10.1. The molecule has 1 aromatic heterocycles. The largest absolute Gasteiger partial charge is 0.297 e. The molecule has 0 aromatic carbocycles. The minimum atomic E-state index is -0.156. The Bertz CT molecular complexity index is 405. The van der Waals surface area contributed by atoms with Crippen molar-refractivity contribution in [3.63, 3.8) is 0 Å². The average molecular weight is 206 g/mol. The Kier molecular flexibility index (Phi) is 2.94. The second-order valence-corrected chi connectivity index (χ2v) is 3.99. The molecule has 4 heteroatoms. The van der Waals surface area contributed by atoms with E-state index in [4.69, 9.17) is 0 Å². The molecule has 0 aliphatic heterocycles. The summed E-state index contributed by atoms with van der Waals surface area (Å²) >= 11 is 0. The van der Waals surface area contributed by atoms with E-state index < -0.39 is 0 Å². The summed E-state index contributed by atoms with van der Waals surface area (Å²) in [6, 6.07) is 1.38. The second kappa shape index (κ2) is 4.38. The molecule has 1 aliphatic rings. The van der Waals surface area contributed by atoms with E-state index in [2.05, 4.69) is 4.98 Å². The molecule has 1 aromatic rings. The number of hydrogen-bond donors (Lipinski definition) is 0. The van der Waals surface area contributed by atoms with Gasteiger partial charge in [-0.15, -0.1) is 0 Å². The lowest BCUT2D eigenvalue weighted by Crippen LogP contribution is -2.26. The number of hydrogen-bond acceptors (Lipinski definition) is 3. The van der Waals surface area contributed by atoms with Crippen molar-refractivity contribution < 1.29 is 4.79 Å². The fraction of sp³-hybridized carbons (Fsp3) is 0.545. The third-order valence-electron chi connectivity index (χ3n) is 2.93. The van der Waals surface area contributed by atoms with Crippen LogP contribution in [-0.2, 0) is 11.3 Å². The van der Waals surface area contributed by atoms with Crippen LogP contribution < -0.4 is 5.56 Å². The van der Waals surface area contributed by atoms with E-state index in [1.807, 2.05) is 0 Å². The quantitative estimate of drug-likeness (QED) is 0.741. The van der Waals surface area contributed by atoms with Gasteiger partial charge in [-0.25, -0.2) is 4.98 Å². The Morgan fingerprint density at radius 3 is 2.87 bits per heavy atom. The van der Waals surface area contributed by atoms with Gasteiger partial charge in [0.1, 0.15) is 0 Å². The van der Waals surface area contributed by atoms with Gasteiger partial charge < -0.3 is 0 Å². The zero-order valence-corrected chi connectivity index (χ0v) is 8.56. The molecule has 0 amide bonds. The van der Waals surface area contributed by atoms with Crippen molar-refractivity contribution in [3.8, 4) is 0 Å². The Morgan fingerprint density at radius 2 is 2.20 bits per heavy atom. The third kappa shape index (κ3) is 2.32. The van der Waals surface area contributed by atoms with Crippen LogP contribution >= 0.6 is 0 Å². The highest BCUT2D eigenvalue weighted by Gasteiger charge is 2.22. The van der Waals surface area contributed by atoms with Crippen LogP contribution in [0, 0.1) is 5.92 Å². The maximum absolute atomic E-state index is 11.8. The van der Waals surface area contributed by atoms with Crippen LogP contribution in [0.15, 0.2) is 23.4 Å². The molecule has 2 rings (SSSR count). The number of nitrogens with zero attached hydrogens (tertiary/aromatic N) is 2. The molecule has 0 unspecified atom stereocenters. The molecule has 1 saturated carbocycles. The molecule has 0 bridgehead atoms. The first-order chi connectivity index (χ1) is 7.27. The van der Waals surface area contributed by atoms with E-state index in [1.165, 1.54) is 23.2 Å². The van der Waals surface area contributed by atoms with Crippen molar-refractivity contribution in [2.75, 3.05) is 0 Å². The molecule has 1 aliphatic carbocycles. The number of carbonyl (C=O) groups excluding carboxylic acids is 1. The summed E-state index contributed by atoms with van der Waals surface area (Å²) in [4.78, 5) is 27.0. The Morgan fingerprint density at radius 1 is 1.47 bits per heavy atom. The van der Waals surface area contributed by atoms with Crippen molar-refractivity contribution in [2.24, 2.45) is 5.92 Å². The molecular formula is C11H14N2O2. The van der Waals surface area contributed by atoms with E-state index in [-0.39, 0.29) is 23.8 Å². The predicted octanol–water partition coefficient (Wildman–Crippen LogP) is 1.00. The molecule has 0 saturated heterocycles. The van der Waals surface area contributed by atoms with Crippen LogP contribution in [-0.4, -0.2) is 15.3 Å². The standard InChI is InChI=1S/C11H14N2O2/c14-10(9-3-1-2-4-9)7-13-8-12-6-5-11(13)15/h5-6,8-9H,1-4,7H2. The molecule has 4 nitrogen and oxygen atoms in total. The topological polar surface area (TPSA) is 52.0 Å². The zero-order valence-electron chi connectivity index (χ0n) is 8.56. The second-order valence-electron chi connectivity index (χ2n) is 3.99. The van der Waals surface area contributed by atoms with Crippen LogP contribution in [0.2, 0.25) is 0 Å². The number of carbonyl (C=O) groups is 1. The van der Waals surface area contributed by atoms with Gasteiger partial charge in [0.05, 0.1) is 12.9 Å². The highest BCUT2D eigenvalue weighted by atomic mass is 16.1. The number of aromatic nitrogens is 2. The molecule has 80 valence electrons. The molecule has 0 N–H and O–H groups in total. The van der Waals surface area contributed by atoms with Crippen LogP contribution in [0.1, 0.15) is 25.7 Å². The lowest BCUT2D eigenvalue weighted by atomic mass is 10.0. The van der Waals surface area contributed by atoms with Gasteiger partial charge >= 0.3 is 0 Å².